The SMILES string of the molecule is COc1ccc(-n2c(=O)c3cc(N(C)C)c(C(N)=O)cc3n(Cc3ccc(Cl)cc3)c2=S)nc1OC. The minimum absolute atomic E-state index is 0.176. The van der Waals surface area contributed by atoms with Crippen molar-refractivity contribution in [1.82, 2.24) is 14.1 Å². The lowest BCUT2D eigenvalue weighted by molar-refractivity contribution is 0.100. The minimum Gasteiger partial charge on any atom is -0.491 e. The number of methoxy groups -OCH3 is 2. The zero-order valence-corrected chi connectivity index (χ0v) is 21.7. The van der Waals surface area contributed by atoms with Crippen molar-refractivity contribution in [2.24, 2.45) is 5.73 Å². The van der Waals surface area contributed by atoms with E-state index in [9.17, 15) is 9.59 Å². The van der Waals surface area contributed by atoms with Crippen molar-refractivity contribution in [3.63, 3.8) is 0 Å². The van der Waals surface area contributed by atoms with Gasteiger partial charge in [0.1, 0.15) is 5.82 Å². The van der Waals surface area contributed by atoms with Crippen LogP contribution in [0.3, 0.4) is 0 Å². The van der Waals surface area contributed by atoms with Gasteiger partial charge < -0.3 is 24.7 Å². The molecular weight excluding hydrogens is 502 g/mol. The second-order valence-corrected chi connectivity index (χ2v) is 8.96. The number of aromatic nitrogens is 3. The van der Waals surface area contributed by atoms with E-state index < -0.39 is 11.5 Å². The van der Waals surface area contributed by atoms with Gasteiger partial charge in [-0.15, -0.1) is 0 Å². The summed E-state index contributed by atoms with van der Waals surface area (Å²) < 4.78 is 13.9. The topological polar surface area (TPSA) is 105 Å². The number of amides is 1. The summed E-state index contributed by atoms with van der Waals surface area (Å²) in [5, 5.41) is 0.932. The van der Waals surface area contributed by atoms with E-state index >= 15 is 0 Å². The van der Waals surface area contributed by atoms with Crippen LogP contribution in [0, 0.1) is 4.77 Å². The van der Waals surface area contributed by atoms with Crippen LogP contribution in [0.5, 0.6) is 11.6 Å². The van der Waals surface area contributed by atoms with Crippen molar-refractivity contribution in [2.75, 3.05) is 33.2 Å². The van der Waals surface area contributed by atoms with Crippen LogP contribution in [0.25, 0.3) is 16.7 Å². The molecule has 0 aliphatic rings. The molecule has 4 aromatic rings. The van der Waals surface area contributed by atoms with Gasteiger partial charge >= 0.3 is 0 Å². The van der Waals surface area contributed by atoms with Crippen LogP contribution in [0.2, 0.25) is 5.02 Å². The van der Waals surface area contributed by atoms with Crippen LogP contribution in [-0.4, -0.2) is 48.3 Å². The Hall–Kier alpha value is -3.89. The van der Waals surface area contributed by atoms with Gasteiger partial charge in [-0.3, -0.25) is 9.59 Å². The van der Waals surface area contributed by atoms with Gasteiger partial charge in [-0.25, -0.2) is 4.57 Å². The number of pyridine rings is 1. The van der Waals surface area contributed by atoms with Crippen molar-refractivity contribution in [1.29, 1.82) is 0 Å². The molecule has 0 saturated heterocycles. The van der Waals surface area contributed by atoms with Crippen LogP contribution in [0.4, 0.5) is 5.69 Å². The molecule has 0 bridgehead atoms. The Morgan fingerprint density at radius 2 is 1.81 bits per heavy atom. The third-order valence-corrected chi connectivity index (χ3v) is 6.37. The highest BCUT2D eigenvalue weighted by Gasteiger charge is 2.20. The third kappa shape index (κ3) is 4.52. The quantitative estimate of drug-likeness (QED) is 0.366. The molecule has 0 radical (unpaired) electrons. The molecule has 2 N–H and O–H groups in total. The summed E-state index contributed by atoms with van der Waals surface area (Å²) in [6.07, 6.45) is 0. The highest BCUT2D eigenvalue weighted by atomic mass is 35.5. The number of hydrogen-bond donors (Lipinski definition) is 1. The number of ether oxygens (including phenoxy) is 2. The average Bonchev–Trinajstić information content (AvgIpc) is 2.86. The fraction of sp³-hybridized carbons (Fsp3) is 0.200. The Morgan fingerprint density at radius 3 is 2.39 bits per heavy atom. The molecule has 0 atom stereocenters. The van der Waals surface area contributed by atoms with Gasteiger partial charge in [-0.1, -0.05) is 23.7 Å². The van der Waals surface area contributed by atoms with E-state index in [1.54, 1.807) is 60.0 Å². The first-order valence-corrected chi connectivity index (χ1v) is 11.6. The van der Waals surface area contributed by atoms with E-state index in [4.69, 9.17) is 39.0 Å². The Balaban J connectivity index is 2.11. The van der Waals surface area contributed by atoms with E-state index in [1.807, 2.05) is 12.1 Å². The third-order valence-electron chi connectivity index (χ3n) is 5.71. The molecule has 2 aromatic heterocycles. The molecule has 0 fully saturated rings. The maximum absolute atomic E-state index is 13.8. The summed E-state index contributed by atoms with van der Waals surface area (Å²) in [7, 11) is 6.50. The maximum atomic E-state index is 13.8. The summed E-state index contributed by atoms with van der Waals surface area (Å²) in [6.45, 7) is 0.305. The van der Waals surface area contributed by atoms with Crippen LogP contribution >= 0.6 is 23.8 Å². The molecule has 4 rings (SSSR count). The fourth-order valence-corrected chi connectivity index (χ4v) is 4.41. The number of nitrogens with two attached hydrogens (primary N) is 1. The molecule has 186 valence electrons. The van der Waals surface area contributed by atoms with Crippen molar-refractivity contribution >= 4 is 46.3 Å². The van der Waals surface area contributed by atoms with Crippen LogP contribution in [0.15, 0.2) is 53.3 Å². The Morgan fingerprint density at radius 1 is 1.11 bits per heavy atom. The van der Waals surface area contributed by atoms with E-state index in [0.29, 0.717) is 33.9 Å². The van der Waals surface area contributed by atoms with Gasteiger partial charge in [0.05, 0.1) is 37.2 Å². The number of rotatable bonds is 7. The van der Waals surface area contributed by atoms with Gasteiger partial charge in [0.15, 0.2) is 10.5 Å². The van der Waals surface area contributed by atoms with Crippen molar-refractivity contribution in [2.45, 2.75) is 6.54 Å². The first kappa shape index (κ1) is 25.2. The molecule has 0 aliphatic heterocycles. The molecule has 2 aromatic carbocycles. The normalized spacial score (nSPS) is 10.9. The lowest BCUT2D eigenvalue weighted by Crippen LogP contribution is -2.27. The van der Waals surface area contributed by atoms with Crippen LogP contribution in [0.1, 0.15) is 15.9 Å². The molecule has 9 nitrogen and oxygen atoms in total. The number of carbonyl (C=O) groups is 1. The first-order chi connectivity index (χ1) is 17.2. The number of fused-ring (bicyclic) bond motifs is 1. The number of nitrogens with zero attached hydrogens (tertiary/aromatic N) is 4. The van der Waals surface area contributed by atoms with E-state index in [0.717, 1.165) is 5.56 Å². The van der Waals surface area contributed by atoms with Gasteiger partial charge in [0.2, 0.25) is 0 Å². The molecule has 11 heteroatoms. The predicted molar refractivity (Wildman–Crippen MR) is 143 cm³/mol. The highest BCUT2D eigenvalue weighted by molar-refractivity contribution is 7.71. The van der Waals surface area contributed by atoms with Crippen LogP contribution < -0.4 is 25.7 Å². The van der Waals surface area contributed by atoms with Gasteiger partial charge in [0, 0.05) is 24.8 Å². The number of hydrogen-bond acceptors (Lipinski definition) is 7. The van der Waals surface area contributed by atoms with E-state index in [-0.39, 0.29) is 22.0 Å². The van der Waals surface area contributed by atoms with E-state index in [2.05, 4.69) is 4.98 Å². The van der Waals surface area contributed by atoms with Crippen molar-refractivity contribution in [3.05, 3.63) is 79.8 Å². The standard InChI is InChI=1S/C25H24ClN5O4S/c1-29(2)18-12-17-19(11-16(18)22(27)32)30(13-14-5-7-15(26)8-6-14)25(36)31(24(17)33)21-10-9-20(34-3)23(28-21)35-4/h5-12H,13H2,1-4H3,(H2,27,32). The molecule has 0 unspecified atom stereocenters. The summed E-state index contributed by atoms with van der Waals surface area (Å²) in [4.78, 5) is 32.3. The van der Waals surface area contributed by atoms with Crippen LogP contribution in [-0.2, 0) is 6.54 Å². The van der Waals surface area contributed by atoms with Crippen molar-refractivity contribution in [3.8, 4) is 17.4 Å². The molecule has 0 aliphatic carbocycles. The maximum Gasteiger partial charge on any atom is 0.268 e. The smallest absolute Gasteiger partial charge is 0.268 e. The summed E-state index contributed by atoms with van der Waals surface area (Å²) in [5.41, 5.74) is 7.42. The highest BCUT2D eigenvalue weighted by Crippen LogP contribution is 2.28. The first-order valence-electron chi connectivity index (χ1n) is 10.8. The fourth-order valence-electron chi connectivity index (χ4n) is 3.94. The number of anilines is 1. The average molecular weight is 526 g/mol. The molecule has 0 spiro atoms. The number of benzene rings is 2. The monoisotopic (exact) mass is 525 g/mol. The Kier molecular flexibility index (Phi) is 7.00. The van der Waals surface area contributed by atoms with Gasteiger partial charge in [0.25, 0.3) is 17.3 Å². The summed E-state index contributed by atoms with van der Waals surface area (Å²) in [6, 6.07) is 13.8. The predicted octanol–water partition coefficient (Wildman–Crippen LogP) is 3.80. The lowest BCUT2D eigenvalue weighted by Gasteiger charge is -2.21. The van der Waals surface area contributed by atoms with Gasteiger partial charge in [-0.05, 0) is 54.2 Å². The molecule has 36 heavy (non-hydrogen) atoms. The zero-order valence-electron chi connectivity index (χ0n) is 20.1. The van der Waals surface area contributed by atoms with E-state index in [1.165, 1.54) is 18.8 Å². The van der Waals surface area contributed by atoms with Gasteiger partial charge in [-0.2, -0.15) is 4.98 Å². The second-order valence-electron chi connectivity index (χ2n) is 8.16. The molecule has 0 saturated carbocycles. The summed E-state index contributed by atoms with van der Waals surface area (Å²) >= 11 is 11.9. The second kappa shape index (κ2) is 10.00. The minimum atomic E-state index is -0.615. The molecule has 2 heterocycles. The van der Waals surface area contributed by atoms with Crippen molar-refractivity contribution < 1.29 is 14.3 Å². The number of carbonyl (C=O) groups excluding carboxylic acids is 1. The zero-order chi connectivity index (χ0) is 26.1. The lowest BCUT2D eigenvalue weighted by atomic mass is 10.1. The Labute approximate surface area is 217 Å². The number of primary amides is 1. The Bertz CT molecular complexity index is 1600. The molecular formula is C25H24ClN5O4S. The number of halogens is 1. The largest absolute Gasteiger partial charge is 0.491 e. The summed E-state index contributed by atoms with van der Waals surface area (Å²) in [5.74, 6) is 0.268. The molecule has 1 amide bonds.